The van der Waals surface area contributed by atoms with Gasteiger partial charge in [-0.15, -0.1) is 0 Å². The first-order chi connectivity index (χ1) is 18.0. The second-order valence-electron chi connectivity index (χ2n) is 11.5. The Morgan fingerprint density at radius 1 is 0.632 bits per heavy atom. The number of benzene rings is 5. The summed E-state index contributed by atoms with van der Waals surface area (Å²) >= 11 is 0. The summed E-state index contributed by atoms with van der Waals surface area (Å²) in [4.78, 5) is 28.2. The van der Waals surface area contributed by atoms with Gasteiger partial charge in [0.1, 0.15) is 11.5 Å². The molecular formula is C32H30O6. The minimum atomic E-state index is -0.440. The molecule has 0 saturated heterocycles. The Morgan fingerprint density at radius 3 is 1.37 bits per heavy atom. The first-order valence-corrected chi connectivity index (χ1v) is 13.4. The molecule has 0 amide bonds. The highest BCUT2D eigenvalue weighted by atomic mass is 16.5. The van der Waals surface area contributed by atoms with Gasteiger partial charge in [-0.25, -0.2) is 0 Å². The van der Waals surface area contributed by atoms with Crippen molar-refractivity contribution in [2.75, 3.05) is 0 Å². The molecule has 2 heterocycles. The van der Waals surface area contributed by atoms with Gasteiger partial charge in [0.05, 0.1) is 35.2 Å². The minimum Gasteiger partial charge on any atom is -0.507 e. The standard InChI is InChI=1S/C32H30O6/c1-11-7-17-18-8-12(2)30(34)28-24(18)26(20-10-14(4)38-16(6)22(20)32(28)36)25-19-9-13(3)37-15(5)21(19)31(35)27(23(17)25)29(11)33/h7-8,13-16,33-34H,9-10H2,1-6H3. The molecule has 4 atom stereocenters. The molecule has 0 saturated carbocycles. The van der Waals surface area contributed by atoms with E-state index in [0.29, 0.717) is 45.9 Å². The lowest BCUT2D eigenvalue weighted by Gasteiger charge is -2.33. The summed E-state index contributed by atoms with van der Waals surface area (Å²) in [6, 6.07) is 3.82. The van der Waals surface area contributed by atoms with Crippen LogP contribution in [0.25, 0.3) is 43.1 Å². The number of ether oxygens (including phenoxy) is 2. The van der Waals surface area contributed by atoms with E-state index in [1.54, 1.807) is 13.8 Å². The largest absolute Gasteiger partial charge is 0.507 e. The number of rotatable bonds is 0. The van der Waals surface area contributed by atoms with Gasteiger partial charge in [-0.1, -0.05) is 0 Å². The highest BCUT2D eigenvalue weighted by molar-refractivity contribution is 6.36. The zero-order valence-corrected chi connectivity index (χ0v) is 22.4. The summed E-state index contributed by atoms with van der Waals surface area (Å²) in [7, 11) is 0. The fourth-order valence-corrected chi connectivity index (χ4v) is 7.46. The number of aryl methyl sites for hydroxylation is 2. The molecule has 2 aliphatic rings. The van der Waals surface area contributed by atoms with E-state index in [1.165, 1.54) is 0 Å². The third-order valence-corrected chi connectivity index (χ3v) is 8.89. The molecule has 194 valence electrons. The highest BCUT2D eigenvalue weighted by Gasteiger charge is 2.35. The Labute approximate surface area is 219 Å². The number of phenolic OH excluding ortho intramolecular Hbond substituents is 2. The van der Waals surface area contributed by atoms with Crippen LogP contribution in [0.5, 0.6) is 11.5 Å². The van der Waals surface area contributed by atoms with Crippen molar-refractivity contribution in [1.82, 2.24) is 0 Å². The molecule has 2 N–H and O–H groups in total. The highest BCUT2D eigenvalue weighted by Crippen LogP contribution is 2.50. The molecule has 5 aromatic carbocycles. The van der Waals surface area contributed by atoms with Gasteiger partial charge < -0.3 is 19.7 Å². The zero-order valence-electron chi connectivity index (χ0n) is 22.4. The molecule has 6 heteroatoms. The van der Waals surface area contributed by atoms with E-state index >= 15 is 0 Å². The molecule has 6 nitrogen and oxygen atoms in total. The molecule has 2 aliphatic heterocycles. The second-order valence-corrected chi connectivity index (χ2v) is 11.5. The van der Waals surface area contributed by atoms with Crippen molar-refractivity contribution in [3.63, 3.8) is 0 Å². The third-order valence-electron chi connectivity index (χ3n) is 8.89. The van der Waals surface area contributed by atoms with E-state index in [0.717, 1.165) is 43.4 Å². The van der Waals surface area contributed by atoms with Crippen molar-refractivity contribution in [3.8, 4) is 11.5 Å². The fourth-order valence-electron chi connectivity index (χ4n) is 7.46. The third kappa shape index (κ3) is 2.74. The van der Waals surface area contributed by atoms with Crippen LogP contribution in [0, 0.1) is 13.8 Å². The average molecular weight is 511 g/mol. The van der Waals surface area contributed by atoms with E-state index in [-0.39, 0.29) is 34.6 Å². The van der Waals surface area contributed by atoms with Gasteiger partial charge >= 0.3 is 0 Å². The number of hydrogen-bond acceptors (Lipinski definition) is 6. The van der Waals surface area contributed by atoms with Crippen molar-refractivity contribution >= 4 is 43.1 Å². The number of hydrogen-bond donors (Lipinski definition) is 2. The van der Waals surface area contributed by atoms with E-state index in [4.69, 9.17) is 9.47 Å². The molecule has 7 rings (SSSR count). The summed E-state index contributed by atoms with van der Waals surface area (Å²) < 4.78 is 12.2. The molecule has 0 bridgehead atoms. The fraction of sp³-hybridized carbons (Fsp3) is 0.375. The van der Waals surface area contributed by atoms with Crippen molar-refractivity contribution < 1.29 is 19.7 Å². The molecule has 0 fully saturated rings. The van der Waals surface area contributed by atoms with Crippen LogP contribution in [0.4, 0.5) is 0 Å². The Balaban J connectivity index is 1.94. The maximum Gasteiger partial charge on any atom is 0.196 e. The smallest absolute Gasteiger partial charge is 0.196 e. The first-order valence-electron chi connectivity index (χ1n) is 13.4. The van der Waals surface area contributed by atoms with Crippen LogP contribution in [-0.4, -0.2) is 22.4 Å². The van der Waals surface area contributed by atoms with E-state index < -0.39 is 12.2 Å². The second kappa shape index (κ2) is 7.55. The quantitative estimate of drug-likeness (QED) is 0.197. The predicted molar refractivity (Wildman–Crippen MR) is 150 cm³/mol. The van der Waals surface area contributed by atoms with Gasteiger partial charge in [0, 0.05) is 21.9 Å². The lowest BCUT2D eigenvalue weighted by molar-refractivity contribution is -0.00531. The Morgan fingerprint density at radius 2 is 1.00 bits per heavy atom. The minimum absolute atomic E-state index is 0.0156. The SMILES string of the molecule is Cc1cc2c3cc(C)c(O)c4c(=O)c5c(c(c6c7c(c(=O)c(c1O)c26)C(C)OC(C)C7)c43)CC(C)OC5C. The molecular weight excluding hydrogens is 480 g/mol. The van der Waals surface area contributed by atoms with Crippen molar-refractivity contribution in [2.24, 2.45) is 0 Å². The van der Waals surface area contributed by atoms with E-state index in [2.05, 4.69) is 0 Å². The van der Waals surface area contributed by atoms with Gasteiger partial charge in [0.25, 0.3) is 0 Å². The van der Waals surface area contributed by atoms with Crippen LogP contribution in [0.2, 0.25) is 0 Å². The lowest BCUT2D eigenvalue weighted by atomic mass is 9.77. The van der Waals surface area contributed by atoms with Gasteiger partial charge in [-0.3, -0.25) is 9.59 Å². The Kier molecular flexibility index (Phi) is 4.69. The topological polar surface area (TPSA) is 93.1 Å². The maximum absolute atomic E-state index is 14.1. The van der Waals surface area contributed by atoms with Crippen molar-refractivity contribution in [1.29, 1.82) is 0 Å². The van der Waals surface area contributed by atoms with Crippen molar-refractivity contribution in [3.05, 3.63) is 66.0 Å². The monoisotopic (exact) mass is 510 g/mol. The van der Waals surface area contributed by atoms with Crippen LogP contribution in [0.1, 0.15) is 73.3 Å². The lowest BCUT2D eigenvalue weighted by Crippen LogP contribution is -2.30. The molecule has 0 aromatic heterocycles. The predicted octanol–water partition coefficient (Wildman–Crippen LogP) is 5.97. The molecule has 0 aliphatic carbocycles. The number of fused-ring (bicyclic) bond motifs is 6. The summed E-state index contributed by atoms with van der Waals surface area (Å²) in [5.74, 6) is -0.0311. The Bertz CT molecular complexity index is 1830. The summed E-state index contributed by atoms with van der Waals surface area (Å²) in [6.45, 7) is 11.4. The van der Waals surface area contributed by atoms with Crippen molar-refractivity contribution in [2.45, 2.75) is 78.8 Å². The van der Waals surface area contributed by atoms with Gasteiger partial charge in [-0.05, 0) is 110 Å². The zero-order chi connectivity index (χ0) is 26.9. The summed E-state index contributed by atoms with van der Waals surface area (Å²) in [5.41, 5.74) is 3.75. The summed E-state index contributed by atoms with van der Waals surface area (Å²) in [5, 5.41) is 28.1. The Hall–Kier alpha value is -3.48. The van der Waals surface area contributed by atoms with E-state index in [1.807, 2.05) is 39.8 Å². The normalized spacial score (nSPS) is 23.5. The maximum atomic E-state index is 14.1. The molecule has 38 heavy (non-hydrogen) atoms. The van der Waals surface area contributed by atoms with Crippen LogP contribution in [-0.2, 0) is 22.3 Å². The summed E-state index contributed by atoms with van der Waals surface area (Å²) in [6.07, 6.45) is -0.00948. The van der Waals surface area contributed by atoms with E-state index in [9.17, 15) is 19.8 Å². The number of aromatic hydroxyl groups is 2. The van der Waals surface area contributed by atoms with Gasteiger partial charge in [-0.2, -0.15) is 0 Å². The van der Waals surface area contributed by atoms with Crippen LogP contribution >= 0.6 is 0 Å². The molecule has 0 radical (unpaired) electrons. The first kappa shape index (κ1) is 23.6. The molecule has 0 spiro atoms. The molecule has 5 aromatic rings. The molecule has 4 unspecified atom stereocenters. The van der Waals surface area contributed by atoms with Crippen LogP contribution in [0.15, 0.2) is 21.7 Å². The van der Waals surface area contributed by atoms with Gasteiger partial charge in [0.15, 0.2) is 10.9 Å². The van der Waals surface area contributed by atoms with Crippen LogP contribution < -0.4 is 10.9 Å². The van der Waals surface area contributed by atoms with Crippen LogP contribution in [0.3, 0.4) is 0 Å². The average Bonchev–Trinajstić information content (AvgIpc) is 2.83. The number of phenols is 2. The van der Waals surface area contributed by atoms with Gasteiger partial charge in [0.2, 0.25) is 0 Å².